The van der Waals surface area contributed by atoms with Crippen molar-refractivity contribution in [3.8, 4) is 11.5 Å². The summed E-state index contributed by atoms with van der Waals surface area (Å²) in [5, 5.41) is 0. The molecule has 1 aliphatic heterocycles. The molecule has 1 aromatic heterocycles. The third-order valence-corrected chi connectivity index (χ3v) is 4.20. The van der Waals surface area contributed by atoms with E-state index < -0.39 is 5.97 Å². The zero-order chi connectivity index (χ0) is 19.2. The Morgan fingerprint density at radius 2 is 2.11 bits per heavy atom. The van der Waals surface area contributed by atoms with Crippen LogP contribution >= 0.6 is 0 Å². The van der Waals surface area contributed by atoms with Crippen molar-refractivity contribution in [2.24, 2.45) is 7.05 Å². The number of nitrogens with zero attached hydrogens (tertiary/aromatic N) is 3. The average Bonchev–Trinajstić information content (AvgIpc) is 3.06. The van der Waals surface area contributed by atoms with Gasteiger partial charge in [-0.1, -0.05) is 12.1 Å². The molecule has 0 N–H and O–H groups in total. The molecule has 2 aromatic rings. The summed E-state index contributed by atoms with van der Waals surface area (Å²) >= 11 is 0. The van der Waals surface area contributed by atoms with Crippen LogP contribution in [-0.2, 0) is 27.9 Å². The molecule has 0 bridgehead atoms. The zero-order valence-electron chi connectivity index (χ0n) is 15.5. The highest BCUT2D eigenvalue weighted by Crippen LogP contribution is 2.31. The Morgan fingerprint density at radius 3 is 2.81 bits per heavy atom. The van der Waals surface area contributed by atoms with Gasteiger partial charge in [0, 0.05) is 19.4 Å². The van der Waals surface area contributed by atoms with E-state index in [4.69, 9.17) is 14.2 Å². The minimum atomic E-state index is -0.543. The van der Waals surface area contributed by atoms with Gasteiger partial charge in [0.05, 0.1) is 19.7 Å². The van der Waals surface area contributed by atoms with Crippen molar-refractivity contribution in [3.63, 3.8) is 0 Å². The van der Waals surface area contributed by atoms with Crippen LogP contribution in [0, 0.1) is 0 Å². The maximum absolute atomic E-state index is 12.7. The molecule has 0 unspecified atom stereocenters. The van der Waals surface area contributed by atoms with Crippen LogP contribution in [0.15, 0.2) is 36.7 Å². The second-order valence-corrected chi connectivity index (χ2v) is 6.21. The van der Waals surface area contributed by atoms with Crippen LogP contribution in [0.2, 0.25) is 0 Å². The summed E-state index contributed by atoms with van der Waals surface area (Å²) in [6.07, 6.45) is 2.81. The number of carbonyl (C=O) groups excluding carboxylic acids is 2. The van der Waals surface area contributed by atoms with Crippen molar-refractivity contribution < 1.29 is 23.8 Å². The summed E-state index contributed by atoms with van der Waals surface area (Å²) in [5.41, 5.74) is 0. The molecule has 1 amide bonds. The largest absolute Gasteiger partial charge is 0.486 e. The summed E-state index contributed by atoms with van der Waals surface area (Å²) < 4.78 is 18.4. The molecule has 0 saturated heterocycles. The highest BCUT2D eigenvalue weighted by Gasteiger charge is 2.27. The first-order chi connectivity index (χ1) is 13.1. The molecular formula is C19H23N3O5. The van der Waals surface area contributed by atoms with E-state index in [9.17, 15) is 9.59 Å². The number of amides is 1. The Morgan fingerprint density at radius 1 is 1.33 bits per heavy atom. The van der Waals surface area contributed by atoms with Gasteiger partial charge >= 0.3 is 5.97 Å². The van der Waals surface area contributed by atoms with E-state index in [2.05, 4.69) is 4.98 Å². The Labute approximate surface area is 157 Å². The van der Waals surface area contributed by atoms with Crippen molar-refractivity contribution in [2.45, 2.75) is 26.0 Å². The van der Waals surface area contributed by atoms with Gasteiger partial charge in [-0.2, -0.15) is 0 Å². The number of para-hydroxylation sites is 2. The molecule has 1 atom stereocenters. The first kappa shape index (κ1) is 18.8. The number of aromatic nitrogens is 2. The summed E-state index contributed by atoms with van der Waals surface area (Å²) in [4.78, 5) is 30.2. The molecule has 27 heavy (non-hydrogen) atoms. The van der Waals surface area contributed by atoms with Crippen LogP contribution in [0.5, 0.6) is 11.5 Å². The minimum Gasteiger partial charge on any atom is -0.486 e. The molecule has 0 radical (unpaired) electrons. The standard InChI is InChI=1S/C19H23N3O5/c1-3-25-19(24)10-18(23)22(12-17-20-8-9-21(17)2)11-14-13-26-15-6-4-5-7-16(15)27-14/h4-9,14H,3,10-13H2,1-2H3/t14-/m1/s1. The zero-order valence-corrected chi connectivity index (χ0v) is 15.5. The van der Waals surface area contributed by atoms with E-state index in [0.29, 0.717) is 23.9 Å². The topological polar surface area (TPSA) is 82.9 Å². The van der Waals surface area contributed by atoms with E-state index in [0.717, 1.165) is 0 Å². The summed E-state index contributed by atoms with van der Waals surface area (Å²) in [7, 11) is 1.85. The van der Waals surface area contributed by atoms with Crippen molar-refractivity contribution in [1.29, 1.82) is 0 Å². The van der Waals surface area contributed by atoms with E-state index in [-0.39, 0.29) is 38.1 Å². The summed E-state index contributed by atoms with van der Waals surface area (Å²) in [5.74, 6) is 1.16. The molecule has 2 heterocycles. The van der Waals surface area contributed by atoms with E-state index >= 15 is 0 Å². The van der Waals surface area contributed by atoms with Gasteiger partial charge in [-0.25, -0.2) is 4.98 Å². The van der Waals surface area contributed by atoms with Crippen LogP contribution in [-0.4, -0.2) is 52.2 Å². The minimum absolute atomic E-state index is 0.238. The summed E-state index contributed by atoms with van der Waals surface area (Å²) in [6.45, 7) is 2.81. The lowest BCUT2D eigenvalue weighted by molar-refractivity contribution is -0.149. The third-order valence-electron chi connectivity index (χ3n) is 4.20. The van der Waals surface area contributed by atoms with Crippen LogP contribution < -0.4 is 9.47 Å². The normalized spacial score (nSPS) is 15.3. The molecule has 1 aromatic carbocycles. The lowest BCUT2D eigenvalue weighted by Crippen LogP contribution is -2.44. The smallest absolute Gasteiger partial charge is 0.315 e. The second kappa shape index (κ2) is 8.57. The Bertz CT molecular complexity index is 804. The number of imidazole rings is 1. The van der Waals surface area contributed by atoms with Gasteiger partial charge in [-0.3, -0.25) is 9.59 Å². The number of carbonyl (C=O) groups is 2. The summed E-state index contributed by atoms with van der Waals surface area (Å²) in [6, 6.07) is 7.40. The Kier molecular flexibility index (Phi) is 5.95. The number of rotatable bonds is 7. The molecule has 3 rings (SSSR count). The van der Waals surface area contributed by atoms with Gasteiger partial charge in [0.1, 0.15) is 18.9 Å². The van der Waals surface area contributed by atoms with Gasteiger partial charge in [0.2, 0.25) is 5.91 Å². The Hall–Kier alpha value is -3.03. The molecule has 1 aliphatic rings. The van der Waals surface area contributed by atoms with Crippen LogP contribution in [0.3, 0.4) is 0 Å². The number of esters is 1. The lowest BCUT2D eigenvalue weighted by atomic mass is 10.2. The quantitative estimate of drug-likeness (QED) is 0.541. The fourth-order valence-corrected chi connectivity index (χ4v) is 2.82. The van der Waals surface area contributed by atoms with Crippen molar-refractivity contribution >= 4 is 11.9 Å². The SMILES string of the molecule is CCOC(=O)CC(=O)N(Cc1nccn1C)C[C@@H]1COc2ccccc2O1. The van der Waals surface area contributed by atoms with Gasteiger partial charge in [-0.15, -0.1) is 0 Å². The fourth-order valence-electron chi connectivity index (χ4n) is 2.82. The van der Waals surface area contributed by atoms with Gasteiger partial charge < -0.3 is 23.7 Å². The lowest BCUT2D eigenvalue weighted by Gasteiger charge is -2.31. The van der Waals surface area contributed by atoms with E-state index in [1.54, 1.807) is 24.2 Å². The highest BCUT2D eigenvalue weighted by molar-refractivity contribution is 5.94. The Balaban J connectivity index is 1.70. The number of fused-ring (bicyclic) bond motifs is 1. The van der Waals surface area contributed by atoms with Crippen molar-refractivity contribution in [3.05, 3.63) is 42.5 Å². The number of ether oxygens (including phenoxy) is 3. The maximum Gasteiger partial charge on any atom is 0.315 e. The number of hydrogen-bond acceptors (Lipinski definition) is 6. The van der Waals surface area contributed by atoms with Gasteiger partial charge in [0.15, 0.2) is 17.6 Å². The molecule has 144 valence electrons. The fraction of sp³-hybridized carbons (Fsp3) is 0.421. The monoisotopic (exact) mass is 373 g/mol. The van der Waals surface area contributed by atoms with E-state index in [1.807, 2.05) is 35.9 Å². The first-order valence-corrected chi connectivity index (χ1v) is 8.85. The highest BCUT2D eigenvalue weighted by atomic mass is 16.6. The molecular weight excluding hydrogens is 350 g/mol. The van der Waals surface area contributed by atoms with Crippen LogP contribution in [0.4, 0.5) is 0 Å². The maximum atomic E-state index is 12.7. The molecule has 8 heteroatoms. The molecule has 0 saturated carbocycles. The predicted octanol–water partition coefficient (Wildman–Crippen LogP) is 1.54. The molecule has 8 nitrogen and oxygen atoms in total. The van der Waals surface area contributed by atoms with Gasteiger partial charge in [0.25, 0.3) is 0 Å². The molecule has 0 aliphatic carbocycles. The molecule has 0 spiro atoms. The third kappa shape index (κ3) is 4.78. The van der Waals surface area contributed by atoms with Crippen molar-refractivity contribution in [1.82, 2.24) is 14.5 Å². The second-order valence-electron chi connectivity index (χ2n) is 6.21. The van der Waals surface area contributed by atoms with Crippen LogP contribution in [0.25, 0.3) is 0 Å². The predicted molar refractivity (Wildman–Crippen MR) is 96.2 cm³/mol. The molecule has 0 fully saturated rings. The number of aryl methyl sites for hydroxylation is 1. The number of hydrogen-bond donors (Lipinski definition) is 0. The van der Waals surface area contributed by atoms with Crippen LogP contribution in [0.1, 0.15) is 19.2 Å². The first-order valence-electron chi connectivity index (χ1n) is 8.85. The van der Waals surface area contributed by atoms with Gasteiger partial charge in [-0.05, 0) is 19.1 Å². The van der Waals surface area contributed by atoms with Crippen molar-refractivity contribution in [2.75, 3.05) is 19.8 Å². The van der Waals surface area contributed by atoms with E-state index in [1.165, 1.54) is 0 Å². The number of benzene rings is 1. The average molecular weight is 373 g/mol.